The molecule has 1 rings (SSSR count). The van der Waals surface area contributed by atoms with Crippen molar-refractivity contribution in [2.75, 3.05) is 6.54 Å². The van der Waals surface area contributed by atoms with E-state index < -0.39 is 24.5 Å². The number of carbonyl (C=O) groups is 2. The van der Waals surface area contributed by atoms with Gasteiger partial charge in [0.15, 0.2) is 6.10 Å². The summed E-state index contributed by atoms with van der Waals surface area (Å²) in [5.41, 5.74) is -0.254. The standard InChI is InChI=1S/C25H47NO5/c1-6-7-8-9-10-11-12-13-14-15-16-26-24(2,3)18-20(19-25(26,4)5)31-21(23(29)30)17-22(27)28/h20-21H,6-19H2,1-5H3,(H,27,28)(H,29,30). The van der Waals surface area contributed by atoms with Gasteiger partial charge in [0.25, 0.3) is 0 Å². The molecule has 1 heterocycles. The van der Waals surface area contributed by atoms with Gasteiger partial charge in [-0.1, -0.05) is 64.7 Å². The maximum atomic E-state index is 11.4. The molecule has 0 spiro atoms. The van der Waals surface area contributed by atoms with Crippen LogP contribution in [0.25, 0.3) is 0 Å². The first-order valence-corrected chi connectivity index (χ1v) is 12.4. The molecule has 1 aliphatic heterocycles. The Hall–Kier alpha value is -1.14. The lowest BCUT2D eigenvalue weighted by Gasteiger charge is -2.55. The summed E-state index contributed by atoms with van der Waals surface area (Å²) in [5, 5.41) is 18.3. The Labute approximate surface area is 189 Å². The first-order valence-electron chi connectivity index (χ1n) is 12.4. The third-order valence-corrected chi connectivity index (χ3v) is 6.64. The van der Waals surface area contributed by atoms with Gasteiger partial charge in [-0.2, -0.15) is 0 Å². The van der Waals surface area contributed by atoms with Crippen LogP contribution in [0.4, 0.5) is 0 Å². The lowest BCUT2D eigenvalue weighted by Crippen LogP contribution is -2.62. The highest BCUT2D eigenvalue weighted by Crippen LogP contribution is 2.40. The molecule has 0 radical (unpaired) electrons. The fraction of sp³-hybridized carbons (Fsp3) is 0.920. The van der Waals surface area contributed by atoms with Crippen molar-refractivity contribution < 1.29 is 24.5 Å². The summed E-state index contributed by atoms with van der Waals surface area (Å²) >= 11 is 0. The first-order chi connectivity index (χ1) is 14.5. The first kappa shape index (κ1) is 27.9. The smallest absolute Gasteiger partial charge is 0.333 e. The molecule has 0 amide bonds. The van der Waals surface area contributed by atoms with Gasteiger partial charge in [-0.3, -0.25) is 9.69 Å². The van der Waals surface area contributed by atoms with Crippen LogP contribution >= 0.6 is 0 Å². The van der Waals surface area contributed by atoms with Crippen molar-refractivity contribution >= 4 is 11.9 Å². The van der Waals surface area contributed by atoms with Crippen LogP contribution in [0.2, 0.25) is 0 Å². The zero-order valence-corrected chi connectivity index (χ0v) is 20.6. The van der Waals surface area contributed by atoms with Crippen molar-refractivity contribution in [1.29, 1.82) is 0 Å². The summed E-state index contributed by atoms with van der Waals surface area (Å²) < 4.78 is 5.78. The van der Waals surface area contributed by atoms with Crippen molar-refractivity contribution in [2.45, 2.75) is 141 Å². The van der Waals surface area contributed by atoms with Gasteiger partial charge in [-0.25, -0.2) is 4.79 Å². The molecule has 6 nitrogen and oxygen atoms in total. The predicted octanol–water partition coefficient (Wildman–Crippen LogP) is 5.87. The maximum absolute atomic E-state index is 11.4. The normalized spacial score (nSPS) is 19.9. The quantitative estimate of drug-likeness (QED) is 0.291. The van der Waals surface area contributed by atoms with E-state index in [0.29, 0.717) is 12.8 Å². The Morgan fingerprint density at radius 1 is 0.871 bits per heavy atom. The highest BCUT2D eigenvalue weighted by molar-refractivity contribution is 5.79. The Bertz CT molecular complexity index is 528. The van der Waals surface area contributed by atoms with E-state index >= 15 is 0 Å². The number of hydrogen-bond donors (Lipinski definition) is 2. The van der Waals surface area contributed by atoms with Crippen LogP contribution in [0.1, 0.15) is 118 Å². The number of carboxylic acids is 2. The van der Waals surface area contributed by atoms with Gasteiger partial charge >= 0.3 is 11.9 Å². The van der Waals surface area contributed by atoms with Crippen molar-refractivity contribution in [3.05, 3.63) is 0 Å². The molecule has 1 aliphatic rings. The molecular weight excluding hydrogens is 394 g/mol. The summed E-state index contributed by atoms with van der Waals surface area (Å²) in [5.74, 6) is -2.35. The Morgan fingerprint density at radius 3 is 1.74 bits per heavy atom. The second-order valence-corrected chi connectivity index (χ2v) is 10.5. The third kappa shape index (κ3) is 10.3. The zero-order valence-electron chi connectivity index (χ0n) is 20.6. The van der Waals surface area contributed by atoms with Crippen LogP contribution in [0.3, 0.4) is 0 Å². The van der Waals surface area contributed by atoms with Gasteiger partial charge in [0, 0.05) is 11.1 Å². The Morgan fingerprint density at radius 2 is 1.32 bits per heavy atom. The van der Waals surface area contributed by atoms with Gasteiger partial charge < -0.3 is 14.9 Å². The highest BCUT2D eigenvalue weighted by Gasteiger charge is 2.46. The van der Waals surface area contributed by atoms with Crippen LogP contribution < -0.4 is 0 Å². The van der Waals surface area contributed by atoms with Gasteiger partial charge in [0.2, 0.25) is 0 Å². The van der Waals surface area contributed by atoms with Crippen molar-refractivity contribution in [3.8, 4) is 0 Å². The molecular formula is C25H47NO5. The number of nitrogens with zero attached hydrogens (tertiary/aromatic N) is 1. The minimum Gasteiger partial charge on any atom is -0.481 e. The van der Waals surface area contributed by atoms with E-state index in [1.807, 2.05) is 0 Å². The average Bonchev–Trinajstić information content (AvgIpc) is 2.63. The highest BCUT2D eigenvalue weighted by atomic mass is 16.5. The molecule has 0 aromatic carbocycles. The summed E-state index contributed by atoms with van der Waals surface area (Å²) in [6.45, 7) is 12.0. The number of carboxylic acid groups (broad SMARTS) is 2. The zero-order chi connectivity index (χ0) is 23.5. The molecule has 1 atom stereocenters. The largest absolute Gasteiger partial charge is 0.481 e. The van der Waals surface area contributed by atoms with E-state index in [4.69, 9.17) is 9.84 Å². The molecule has 0 aromatic heterocycles. The van der Waals surface area contributed by atoms with E-state index in [9.17, 15) is 14.7 Å². The van der Waals surface area contributed by atoms with E-state index in [2.05, 4.69) is 39.5 Å². The van der Waals surface area contributed by atoms with Crippen LogP contribution in [0.5, 0.6) is 0 Å². The van der Waals surface area contributed by atoms with E-state index in [1.54, 1.807) is 0 Å². The molecule has 2 N–H and O–H groups in total. The van der Waals surface area contributed by atoms with Crippen LogP contribution in [0.15, 0.2) is 0 Å². The van der Waals surface area contributed by atoms with Crippen molar-refractivity contribution in [1.82, 2.24) is 4.90 Å². The fourth-order valence-electron chi connectivity index (χ4n) is 5.27. The summed E-state index contributed by atoms with van der Waals surface area (Å²) in [4.78, 5) is 24.9. The number of ether oxygens (including phenoxy) is 1. The van der Waals surface area contributed by atoms with Crippen LogP contribution in [0, 0.1) is 0 Å². The number of aliphatic carboxylic acids is 2. The maximum Gasteiger partial charge on any atom is 0.333 e. The van der Waals surface area contributed by atoms with Crippen LogP contribution in [-0.2, 0) is 14.3 Å². The third-order valence-electron chi connectivity index (χ3n) is 6.64. The molecule has 182 valence electrons. The van der Waals surface area contributed by atoms with Gasteiger partial charge in [-0.05, 0) is 53.5 Å². The number of likely N-dealkylation sites (tertiary alicyclic amines) is 1. The molecule has 1 unspecified atom stereocenters. The number of unbranched alkanes of at least 4 members (excludes halogenated alkanes) is 9. The molecule has 0 aromatic rings. The number of hydrogen-bond acceptors (Lipinski definition) is 4. The second kappa shape index (κ2) is 13.4. The van der Waals surface area contributed by atoms with Crippen molar-refractivity contribution in [3.63, 3.8) is 0 Å². The molecule has 1 fully saturated rings. The Balaban J connectivity index is 2.45. The minimum atomic E-state index is -1.29. The average molecular weight is 442 g/mol. The van der Waals surface area contributed by atoms with Crippen LogP contribution in [-0.4, -0.2) is 56.9 Å². The molecule has 0 saturated carbocycles. The van der Waals surface area contributed by atoms with E-state index in [-0.39, 0.29) is 17.2 Å². The van der Waals surface area contributed by atoms with E-state index in [0.717, 1.165) is 6.54 Å². The fourth-order valence-corrected chi connectivity index (χ4v) is 5.27. The molecule has 31 heavy (non-hydrogen) atoms. The Kier molecular flexibility index (Phi) is 12.1. The van der Waals surface area contributed by atoms with Gasteiger partial charge in [0.1, 0.15) is 0 Å². The molecule has 1 saturated heterocycles. The monoisotopic (exact) mass is 441 g/mol. The van der Waals surface area contributed by atoms with Gasteiger partial charge in [-0.15, -0.1) is 0 Å². The second-order valence-electron chi connectivity index (χ2n) is 10.5. The topological polar surface area (TPSA) is 87.1 Å². The summed E-state index contributed by atoms with van der Waals surface area (Å²) in [6.07, 6.45) is 12.5. The predicted molar refractivity (Wildman–Crippen MR) is 124 cm³/mol. The van der Waals surface area contributed by atoms with Crippen molar-refractivity contribution in [2.24, 2.45) is 0 Å². The molecule has 0 bridgehead atoms. The molecule has 0 aliphatic carbocycles. The number of rotatable bonds is 16. The van der Waals surface area contributed by atoms with Gasteiger partial charge in [0.05, 0.1) is 12.5 Å². The lowest BCUT2D eigenvalue weighted by atomic mass is 9.77. The summed E-state index contributed by atoms with van der Waals surface area (Å²) in [6, 6.07) is 0. The lowest BCUT2D eigenvalue weighted by molar-refractivity contribution is -0.170. The minimum absolute atomic E-state index is 0.127. The summed E-state index contributed by atoms with van der Waals surface area (Å²) in [7, 11) is 0. The number of piperidine rings is 1. The SMILES string of the molecule is CCCCCCCCCCCCN1C(C)(C)CC(OC(CC(=O)O)C(=O)O)CC1(C)C. The van der Waals surface area contributed by atoms with E-state index in [1.165, 1.54) is 64.2 Å². The molecule has 6 heteroatoms.